The predicted molar refractivity (Wildman–Crippen MR) is 107 cm³/mol. The fraction of sp³-hybridized carbons (Fsp3) is 0.500. The Labute approximate surface area is 164 Å². The smallest absolute Gasteiger partial charge is 0.231 e. The number of anilines is 1. The van der Waals surface area contributed by atoms with Gasteiger partial charge in [0.05, 0.1) is 5.92 Å². The summed E-state index contributed by atoms with van der Waals surface area (Å²) in [5, 5.41) is 12.6. The van der Waals surface area contributed by atoms with E-state index in [2.05, 4.69) is 29.4 Å². The number of carbonyl (C=O) groups is 2. The highest BCUT2D eigenvalue weighted by atomic mass is 32.1. The Hall–Kier alpha value is -2.28. The van der Waals surface area contributed by atoms with Gasteiger partial charge in [0, 0.05) is 25.4 Å². The van der Waals surface area contributed by atoms with Crippen LogP contribution in [0, 0.1) is 12.8 Å². The van der Waals surface area contributed by atoms with Gasteiger partial charge in [-0.15, -0.1) is 10.2 Å². The van der Waals surface area contributed by atoms with Crippen molar-refractivity contribution < 1.29 is 9.59 Å². The van der Waals surface area contributed by atoms with Gasteiger partial charge >= 0.3 is 0 Å². The molecule has 2 aromatic rings. The molecule has 1 atom stereocenters. The summed E-state index contributed by atoms with van der Waals surface area (Å²) in [5.74, 6) is -0.0950. The molecular weight excluding hydrogens is 360 g/mol. The molecule has 1 saturated heterocycles. The summed E-state index contributed by atoms with van der Waals surface area (Å²) in [4.78, 5) is 26.6. The molecule has 1 aromatic heterocycles. The van der Waals surface area contributed by atoms with E-state index in [0.29, 0.717) is 24.1 Å². The van der Waals surface area contributed by atoms with Gasteiger partial charge in [-0.1, -0.05) is 55.0 Å². The molecular formula is C20H26N4O2S. The zero-order valence-electron chi connectivity index (χ0n) is 16.1. The van der Waals surface area contributed by atoms with Crippen LogP contribution in [0.5, 0.6) is 0 Å². The van der Waals surface area contributed by atoms with Gasteiger partial charge in [-0.05, 0) is 25.3 Å². The molecule has 2 amide bonds. The first kappa shape index (κ1) is 19.5. The standard InChI is InChI=1S/C20H26N4O2S/c1-4-15(5-2)19-22-23-20(27-19)21-18(26)16-10-17(25)24(12-16)11-14-8-6-13(3)7-9-14/h6-9,15-16H,4-5,10-12H2,1-3H3,(H,21,23,26). The number of likely N-dealkylation sites (tertiary alicyclic amines) is 1. The molecule has 27 heavy (non-hydrogen) atoms. The minimum absolute atomic E-state index is 0.0192. The number of nitrogens with zero attached hydrogens (tertiary/aromatic N) is 3. The van der Waals surface area contributed by atoms with E-state index in [1.54, 1.807) is 4.90 Å². The van der Waals surface area contributed by atoms with Gasteiger partial charge in [0.25, 0.3) is 0 Å². The quantitative estimate of drug-likeness (QED) is 0.787. The second-order valence-electron chi connectivity index (χ2n) is 7.11. The van der Waals surface area contributed by atoms with Crippen molar-refractivity contribution in [3.05, 3.63) is 40.4 Å². The Morgan fingerprint density at radius 2 is 1.96 bits per heavy atom. The highest BCUT2D eigenvalue weighted by Gasteiger charge is 2.34. The van der Waals surface area contributed by atoms with Crippen LogP contribution in [0.3, 0.4) is 0 Å². The zero-order valence-corrected chi connectivity index (χ0v) is 16.9. The van der Waals surface area contributed by atoms with Gasteiger partial charge < -0.3 is 10.2 Å². The molecule has 3 rings (SSSR count). The zero-order chi connectivity index (χ0) is 19.4. The molecule has 144 valence electrons. The van der Waals surface area contributed by atoms with Crippen LogP contribution in [-0.2, 0) is 16.1 Å². The third kappa shape index (κ3) is 4.71. The number of nitrogens with one attached hydrogen (secondary N) is 1. The molecule has 1 fully saturated rings. The van der Waals surface area contributed by atoms with E-state index in [4.69, 9.17) is 0 Å². The number of aryl methyl sites for hydroxylation is 1. The SMILES string of the molecule is CCC(CC)c1nnc(NC(=O)C2CC(=O)N(Cc3ccc(C)cc3)C2)s1. The molecule has 0 spiro atoms. The van der Waals surface area contributed by atoms with Crippen LogP contribution in [0.4, 0.5) is 5.13 Å². The van der Waals surface area contributed by atoms with E-state index >= 15 is 0 Å². The Morgan fingerprint density at radius 3 is 2.63 bits per heavy atom. The molecule has 1 aliphatic rings. The third-order valence-electron chi connectivity index (χ3n) is 5.08. The minimum Gasteiger partial charge on any atom is -0.338 e. The third-order valence-corrected chi connectivity index (χ3v) is 6.09. The Morgan fingerprint density at radius 1 is 1.26 bits per heavy atom. The average Bonchev–Trinajstić information content (AvgIpc) is 3.25. The second kappa shape index (κ2) is 8.61. The number of benzene rings is 1. The van der Waals surface area contributed by atoms with Crippen LogP contribution >= 0.6 is 11.3 Å². The molecule has 1 N–H and O–H groups in total. The fourth-order valence-corrected chi connectivity index (χ4v) is 4.32. The predicted octanol–water partition coefficient (Wildman–Crippen LogP) is 3.74. The van der Waals surface area contributed by atoms with E-state index in [-0.39, 0.29) is 24.2 Å². The lowest BCUT2D eigenvalue weighted by molar-refractivity contribution is -0.128. The largest absolute Gasteiger partial charge is 0.338 e. The fourth-order valence-electron chi connectivity index (χ4n) is 3.31. The van der Waals surface area contributed by atoms with Crippen molar-refractivity contribution >= 4 is 28.3 Å². The highest BCUT2D eigenvalue weighted by Crippen LogP contribution is 2.29. The number of amides is 2. The number of carbonyl (C=O) groups excluding carboxylic acids is 2. The summed E-state index contributed by atoms with van der Waals surface area (Å²) in [6.45, 7) is 7.27. The van der Waals surface area contributed by atoms with Crippen molar-refractivity contribution in [1.82, 2.24) is 15.1 Å². The van der Waals surface area contributed by atoms with E-state index in [1.807, 2.05) is 31.2 Å². The second-order valence-corrected chi connectivity index (χ2v) is 8.12. The Balaban J connectivity index is 1.58. The molecule has 1 unspecified atom stereocenters. The molecule has 0 radical (unpaired) electrons. The lowest BCUT2D eigenvalue weighted by atomic mass is 10.1. The summed E-state index contributed by atoms with van der Waals surface area (Å²) in [6.07, 6.45) is 2.25. The molecule has 2 heterocycles. The minimum atomic E-state index is -0.344. The molecule has 1 aromatic carbocycles. The maximum absolute atomic E-state index is 12.6. The van der Waals surface area contributed by atoms with Crippen LogP contribution in [-0.4, -0.2) is 33.5 Å². The first-order valence-electron chi connectivity index (χ1n) is 9.47. The molecule has 7 heteroatoms. The topological polar surface area (TPSA) is 75.2 Å². The summed E-state index contributed by atoms with van der Waals surface area (Å²) >= 11 is 1.43. The van der Waals surface area contributed by atoms with Crippen molar-refractivity contribution in [3.63, 3.8) is 0 Å². The van der Waals surface area contributed by atoms with E-state index in [0.717, 1.165) is 23.4 Å². The summed E-state index contributed by atoms with van der Waals surface area (Å²) in [6, 6.07) is 8.12. The van der Waals surface area contributed by atoms with Gasteiger partial charge in [0.2, 0.25) is 16.9 Å². The van der Waals surface area contributed by atoms with Crippen LogP contribution < -0.4 is 5.32 Å². The van der Waals surface area contributed by atoms with Crippen LogP contribution in [0.15, 0.2) is 24.3 Å². The van der Waals surface area contributed by atoms with Gasteiger partial charge in [-0.2, -0.15) is 0 Å². The maximum atomic E-state index is 12.6. The number of hydrogen-bond donors (Lipinski definition) is 1. The molecule has 0 aliphatic carbocycles. The maximum Gasteiger partial charge on any atom is 0.231 e. The normalized spacial score (nSPS) is 17.0. The lowest BCUT2D eigenvalue weighted by Gasteiger charge is -2.16. The molecule has 6 nitrogen and oxygen atoms in total. The molecule has 0 bridgehead atoms. The molecule has 1 aliphatic heterocycles. The van der Waals surface area contributed by atoms with E-state index in [9.17, 15) is 9.59 Å². The summed E-state index contributed by atoms with van der Waals surface area (Å²) in [5.41, 5.74) is 2.27. The highest BCUT2D eigenvalue weighted by molar-refractivity contribution is 7.15. The lowest BCUT2D eigenvalue weighted by Crippen LogP contribution is -2.28. The number of rotatable bonds is 7. The van der Waals surface area contributed by atoms with Crippen molar-refractivity contribution in [2.75, 3.05) is 11.9 Å². The van der Waals surface area contributed by atoms with Gasteiger partial charge in [-0.3, -0.25) is 9.59 Å². The van der Waals surface area contributed by atoms with Crippen LogP contribution in [0.25, 0.3) is 0 Å². The van der Waals surface area contributed by atoms with Crippen LogP contribution in [0.2, 0.25) is 0 Å². The first-order chi connectivity index (χ1) is 13.0. The Bertz CT molecular complexity index is 799. The van der Waals surface area contributed by atoms with Crippen molar-refractivity contribution in [2.45, 2.75) is 52.5 Å². The van der Waals surface area contributed by atoms with Gasteiger partial charge in [0.15, 0.2) is 0 Å². The van der Waals surface area contributed by atoms with Gasteiger partial charge in [0.1, 0.15) is 5.01 Å². The van der Waals surface area contributed by atoms with Crippen LogP contribution in [0.1, 0.15) is 55.2 Å². The monoisotopic (exact) mass is 386 g/mol. The molecule has 0 saturated carbocycles. The average molecular weight is 387 g/mol. The summed E-state index contributed by atoms with van der Waals surface area (Å²) < 4.78 is 0. The van der Waals surface area contributed by atoms with Crippen molar-refractivity contribution in [3.8, 4) is 0 Å². The summed E-state index contributed by atoms with van der Waals surface area (Å²) in [7, 11) is 0. The first-order valence-corrected chi connectivity index (χ1v) is 10.3. The van der Waals surface area contributed by atoms with E-state index < -0.39 is 0 Å². The number of aromatic nitrogens is 2. The van der Waals surface area contributed by atoms with Crippen molar-refractivity contribution in [1.29, 1.82) is 0 Å². The van der Waals surface area contributed by atoms with E-state index in [1.165, 1.54) is 16.9 Å². The van der Waals surface area contributed by atoms with Gasteiger partial charge in [-0.25, -0.2) is 0 Å². The van der Waals surface area contributed by atoms with Crippen molar-refractivity contribution in [2.24, 2.45) is 5.92 Å². The number of hydrogen-bond acceptors (Lipinski definition) is 5. The Kier molecular flexibility index (Phi) is 6.21.